The summed E-state index contributed by atoms with van der Waals surface area (Å²) in [5.74, 6) is 1.68. The molecule has 3 heteroatoms. The van der Waals surface area contributed by atoms with E-state index in [9.17, 15) is 0 Å². The summed E-state index contributed by atoms with van der Waals surface area (Å²) >= 11 is 0. The Morgan fingerprint density at radius 2 is 0.844 bits per heavy atom. The van der Waals surface area contributed by atoms with Gasteiger partial charge in [0.1, 0.15) is 5.75 Å². The van der Waals surface area contributed by atoms with Gasteiger partial charge in [-0.3, -0.25) is 0 Å². The Balaban J connectivity index is 0.999. The number of ether oxygens (including phenoxy) is 1. The molecule has 2 aliphatic rings. The molecule has 64 heavy (non-hydrogen) atoms. The van der Waals surface area contributed by atoms with E-state index in [-0.39, 0.29) is 5.41 Å². The van der Waals surface area contributed by atoms with Crippen molar-refractivity contribution in [2.45, 2.75) is 19.3 Å². The van der Waals surface area contributed by atoms with Crippen LogP contribution < -0.4 is 14.5 Å². The number of para-hydroxylation sites is 3. The Kier molecular flexibility index (Phi) is 8.84. The third kappa shape index (κ3) is 6.12. The van der Waals surface area contributed by atoms with Crippen molar-refractivity contribution in [1.82, 2.24) is 0 Å². The van der Waals surface area contributed by atoms with Crippen molar-refractivity contribution < 1.29 is 4.74 Å². The monoisotopic (exact) mass is 820 g/mol. The summed E-state index contributed by atoms with van der Waals surface area (Å²) in [6.45, 7) is 4.69. The lowest BCUT2D eigenvalue weighted by molar-refractivity contribution is 0.488. The fourth-order valence-electron chi connectivity index (χ4n) is 10.1. The maximum absolute atomic E-state index is 7.22. The minimum absolute atomic E-state index is 0.157. The predicted molar refractivity (Wildman–Crippen MR) is 267 cm³/mol. The lowest BCUT2D eigenvalue weighted by Gasteiger charge is -2.32. The van der Waals surface area contributed by atoms with Crippen molar-refractivity contribution in [3.05, 3.63) is 242 Å². The second-order valence-electron chi connectivity index (χ2n) is 17.3. The smallest absolute Gasteiger partial charge is 0.159 e. The van der Waals surface area contributed by atoms with Gasteiger partial charge in [-0.05, 0) is 117 Å². The highest BCUT2D eigenvalue weighted by molar-refractivity contribution is 6.11. The summed E-state index contributed by atoms with van der Waals surface area (Å²) in [7, 11) is 0. The first-order valence-electron chi connectivity index (χ1n) is 22.1. The summed E-state index contributed by atoms with van der Waals surface area (Å²) in [5, 5.41) is 2.23. The maximum Gasteiger partial charge on any atom is 0.159 e. The normalized spacial score (nSPS) is 12.8. The van der Waals surface area contributed by atoms with Crippen molar-refractivity contribution in [1.29, 1.82) is 0 Å². The first kappa shape index (κ1) is 37.6. The van der Waals surface area contributed by atoms with E-state index in [1.165, 1.54) is 38.9 Å². The number of benzene rings is 10. The van der Waals surface area contributed by atoms with Crippen LogP contribution in [0, 0.1) is 0 Å². The van der Waals surface area contributed by atoms with Crippen LogP contribution in [0.15, 0.2) is 231 Å². The molecule has 0 saturated carbocycles. The Morgan fingerprint density at radius 1 is 0.344 bits per heavy atom. The molecule has 0 unspecified atom stereocenters. The summed E-state index contributed by atoms with van der Waals surface area (Å²) in [6, 6.07) is 83.0. The summed E-state index contributed by atoms with van der Waals surface area (Å²) in [4.78, 5) is 4.72. The van der Waals surface area contributed by atoms with E-state index in [1.807, 2.05) is 0 Å². The van der Waals surface area contributed by atoms with Crippen molar-refractivity contribution in [2.24, 2.45) is 0 Å². The molecule has 304 valence electrons. The van der Waals surface area contributed by atoms with Crippen LogP contribution in [0.5, 0.6) is 11.5 Å². The molecule has 0 amide bonds. The summed E-state index contributed by atoms with van der Waals surface area (Å²) in [6.07, 6.45) is 0. The highest BCUT2D eigenvalue weighted by Crippen LogP contribution is 2.56. The van der Waals surface area contributed by atoms with Gasteiger partial charge >= 0.3 is 0 Å². The van der Waals surface area contributed by atoms with Crippen LogP contribution in [0.4, 0.5) is 34.1 Å². The Morgan fingerprint density at radius 3 is 1.53 bits per heavy atom. The van der Waals surface area contributed by atoms with Crippen LogP contribution >= 0.6 is 0 Å². The first-order chi connectivity index (χ1) is 31.5. The zero-order valence-electron chi connectivity index (χ0n) is 35.7. The molecule has 0 spiro atoms. The van der Waals surface area contributed by atoms with Gasteiger partial charge in [-0.2, -0.15) is 0 Å². The lowest BCUT2D eigenvalue weighted by atomic mass is 9.82. The molecule has 12 rings (SSSR count). The second kappa shape index (κ2) is 15.0. The van der Waals surface area contributed by atoms with Crippen molar-refractivity contribution >= 4 is 44.9 Å². The van der Waals surface area contributed by atoms with Gasteiger partial charge in [0.05, 0.1) is 11.4 Å². The number of fused-ring (bicyclic) bond motifs is 5. The maximum atomic E-state index is 7.22. The van der Waals surface area contributed by atoms with Gasteiger partial charge in [0.2, 0.25) is 0 Å². The fraction of sp³-hybridized carbons (Fsp3) is 0.0492. The Labute approximate surface area is 374 Å². The van der Waals surface area contributed by atoms with E-state index in [2.05, 4.69) is 254 Å². The van der Waals surface area contributed by atoms with E-state index < -0.39 is 0 Å². The van der Waals surface area contributed by atoms with Gasteiger partial charge in [0.15, 0.2) is 5.75 Å². The van der Waals surface area contributed by atoms with Gasteiger partial charge in [-0.25, -0.2) is 0 Å². The highest BCUT2D eigenvalue weighted by Gasteiger charge is 2.36. The number of hydrogen-bond acceptors (Lipinski definition) is 3. The van der Waals surface area contributed by atoms with E-state index in [0.717, 1.165) is 73.1 Å². The van der Waals surface area contributed by atoms with Crippen LogP contribution in [0.3, 0.4) is 0 Å². The molecule has 1 heterocycles. The van der Waals surface area contributed by atoms with Crippen LogP contribution in [-0.2, 0) is 5.41 Å². The molecule has 10 aromatic rings. The quantitative estimate of drug-likeness (QED) is 0.152. The SMILES string of the molecule is CC1(C)c2ccccc2-c2ccc(N(c3ccc(-c4ccc(-c5ccccc5)cc4)cc3)c3cccc4c3Oc3ccc(N(c5ccccc5)c5ccccc5)c5cccc-4c35)cc21. The predicted octanol–water partition coefficient (Wildman–Crippen LogP) is 17.2. The standard InChI is InChI=1S/C61H44N2O/c1-61(2)54-26-13-12-22-49(54)50-37-36-48(40-55(50)61)63(47-34-32-44(33-35-47)43-30-28-42(29-31-43)41-16-6-3-7-17-41)57-27-15-24-52-51-23-14-25-53-56(38-39-58(59(51)53)64-60(52)57)62(45-18-8-4-9-19-45)46-20-10-5-11-21-46/h3-40H,1-2H3. The molecule has 0 atom stereocenters. The molecule has 0 radical (unpaired) electrons. The molecular weight excluding hydrogens is 777 g/mol. The van der Waals surface area contributed by atoms with E-state index in [0.29, 0.717) is 0 Å². The molecule has 10 aromatic carbocycles. The molecular formula is C61H44N2O. The molecule has 0 fully saturated rings. The molecule has 1 aliphatic carbocycles. The van der Waals surface area contributed by atoms with E-state index >= 15 is 0 Å². The van der Waals surface area contributed by atoms with Crippen molar-refractivity contribution in [3.8, 4) is 56.0 Å². The van der Waals surface area contributed by atoms with E-state index in [1.54, 1.807) is 0 Å². The third-order valence-corrected chi connectivity index (χ3v) is 13.3. The molecule has 1 aliphatic heterocycles. The lowest BCUT2D eigenvalue weighted by Crippen LogP contribution is -2.17. The summed E-state index contributed by atoms with van der Waals surface area (Å²) < 4.78 is 7.22. The minimum Gasteiger partial charge on any atom is -0.454 e. The largest absolute Gasteiger partial charge is 0.454 e. The van der Waals surface area contributed by atoms with Gasteiger partial charge in [0, 0.05) is 44.5 Å². The molecule has 0 aromatic heterocycles. The van der Waals surface area contributed by atoms with Gasteiger partial charge in [-0.1, -0.05) is 178 Å². The molecule has 3 nitrogen and oxygen atoms in total. The van der Waals surface area contributed by atoms with Gasteiger partial charge in [0.25, 0.3) is 0 Å². The molecule has 0 saturated heterocycles. The third-order valence-electron chi connectivity index (χ3n) is 13.3. The fourth-order valence-corrected chi connectivity index (χ4v) is 10.1. The number of rotatable bonds is 8. The topological polar surface area (TPSA) is 15.7 Å². The Bertz CT molecular complexity index is 3320. The summed E-state index contributed by atoms with van der Waals surface area (Å²) in [5.41, 5.74) is 18.5. The molecule has 0 bridgehead atoms. The van der Waals surface area contributed by atoms with Crippen molar-refractivity contribution in [2.75, 3.05) is 9.80 Å². The number of anilines is 6. The van der Waals surface area contributed by atoms with Gasteiger partial charge < -0.3 is 14.5 Å². The Hall–Kier alpha value is -8.14. The number of hydrogen-bond donors (Lipinski definition) is 0. The van der Waals surface area contributed by atoms with Crippen LogP contribution in [0.25, 0.3) is 55.3 Å². The van der Waals surface area contributed by atoms with Crippen LogP contribution in [-0.4, -0.2) is 0 Å². The molecule has 0 N–H and O–H groups in total. The van der Waals surface area contributed by atoms with Gasteiger partial charge in [-0.15, -0.1) is 0 Å². The first-order valence-corrected chi connectivity index (χ1v) is 22.1. The highest BCUT2D eigenvalue weighted by atomic mass is 16.5. The minimum atomic E-state index is -0.157. The zero-order chi connectivity index (χ0) is 42.8. The number of nitrogens with zero attached hydrogens (tertiary/aromatic N) is 2. The zero-order valence-corrected chi connectivity index (χ0v) is 35.7. The second-order valence-corrected chi connectivity index (χ2v) is 17.3. The van der Waals surface area contributed by atoms with Crippen LogP contribution in [0.2, 0.25) is 0 Å². The average molecular weight is 821 g/mol. The van der Waals surface area contributed by atoms with Crippen molar-refractivity contribution in [3.63, 3.8) is 0 Å². The average Bonchev–Trinajstić information content (AvgIpc) is 3.59. The van der Waals surface area contributed by atoms with E-state index in [4.69, 9.17) is 4.74 Å². The van der Waals surface area contributed by atoms with Crippen LogP contribution in [0.1, 0.15) is 25.0 Å².